The van der Waals surface area contributed by atoms with Crippen LogP contribution < -0.4 is 5.73 Å². The molecule has 1 aliphatic carbocycles. The topological polar surface area (TPSA) is 74.2 Å². The van der Waals surface area contributed by atoms with Crippen LogP contribution in [0.5, 0.6) is 0 Å². The molecule has 1 aromatic rings. The second-order valence-corrected chi connectivity index (χ2v) is 6.69. The van der Waals surface area contributed by atoms with Crippen molar-refractivity contribution in [1.29, 1.82) is 0 Å². The zero-order valence-corrected chi connectivity index (χ0v) is 11.9. The average Bonchev–Trinajstić information content (AvgIpc) is 3.08. The van der Waals surface area contributed by atoms with Crippen LogP contribution in [0.2, 0.25) is 0 Å². The molecule has 1 aliphatic heterocycles. The molecule has 2 N–H and O–H groups in total. The predicted octanol–water partition coefficient (Wildman–Crippen LogP) is 2.08. The first-order valence-electron chi connectivity index (χ1n) is 7.10. The van der Waals surface area contributed by atoms with Crippen molar-refractivity contribution in [1.82, 2.24) is 10.1 Å². The van der Waals surface area contributed by atoms with Gasteiger partial charge in [0.25, 0.3) is 0 Å². The number of ether oxygens (including phenoxy) is 1. The molecule has 2 unspecified atom stereocenters. The van der Waals surface area contributed by atoms with Gasteiger partial charge >= 0.3 is 0 Å². The first-order valence-corrected chi connectivity index (χ1v) is 8.15. The van der Waals surface area contributed by atoms with Gasteiger partial charge in [0.15, 0.2) is 5.82 Å². The molecule has 5 nitrogen and oxygen atoms in total. The number of rotatable bonds is 4. The Balaban J connectivity index is 1.56. The van der Waals surface area contributed by atoms with Crippen LogP contribution in [0.25, 0.3) is 0 Å². The lowest BCUT2D eigenvalue weighted by Crippen LogP contribution is -2.37. The van der Waals surface area contributed by atoms with Gasteiger partial charge in [0, 0.05) is 17.9 Å². The summed E-state index contributed by atoms with van der Waals surface area (Å²) in [6.45, 7) is 1.33. The SMILES string of the molecule is NC1CCOCC1c1nc(CSC2CCCC2)no1. The maximum absolute atomic E-state index is 6.08. The van der Waals surface area contributed by atoms with E-state index in [-0.39, 0.29) is 12.0 Å². The summed E-state index contributed by atoms with van der Waals surface area (Å²) in [6.07, 6.45) is 6.25. The van der Waals surface area contributed by atoms with Crippen LogP contribution in [0.4, 0.5) is 0 Å². The molecule has 1 aromatic heterocycles. The highest BCUT2D eigenvalue weighted by Crippen LogP contribution is 2.31. The Labute approximate surface area is 117 Å². The number of nitrogens with zero attached hydrogens (tertiary/aromatic N) is 2. The van der Waals surface area contributed by atoms with E-state index in [0.717, 1.165) is 29.9 Å². The Morgan fingerprint density at radius 1 is 1.26 bits per heavy atom. The quantitative estimate of drug-likeness (QED) is 0.912. The summed E-state index contributed by atoms with van der Waals surface area (Å²) in [5.41, 5.74) is 6.08. The maximum Gasteiger partial charge on any atom is 0.233 e. The summed E-state index contributed by atoms with van der Waals surface area (Å²) in [5.74, 6) is 2.35. The zero-order chi connectivity index (χ0) is 13.1. The van der Waals surface area contributed by atoms with Gasteiger partial charge in [0.2, 0.25) is 5.89 Å². The number of hydrogen-bond donors (Lipinski definition) is 1. The van der Waals surface area contributed by atoms with Gasteiger partial charge in [0.05, 0.1) is 18.3 Å². The molecule has 19 heavy (non-hydrogen) atoms. The van der Waals surface area contributed by atoms with E-state index in [0.29, 0.717) is 12.5 Å². The van der Waals surface area contributed by atoms with Crippen LogP contribution in [0.3, 0.4) is 0 Å². The minimum absolute atomic E-state index is 0.0616. The molecule has 0 aromatic carbocycles. The van der Waals surface area contributed by atoms with Gasteiger partial charge in [-0.2, -0.15) is 16.7 Å². The zero-order valence-electron chi connectivity index (χ0n) is 11.1. The monoisotopic (exact) mass is 283 g/mol. The highest BCUT2D eigenvalue weighted by Gasteiger charge is 2.29. The molecule has 1 saturated heterocycles. The molecule has 3 rings (SSSR count). The van der Waals surface area contributed by atoms with Gasteiger partial charge in [-0.1, -0.05) is 18.0 Å². The van der Waals surface area contributed by atoms with Crippen molar-refractivity contribution in [2.45, 2.75) is 55.1 Å². The number of hydrogen-bond acceptors (Lipinski definition) is 6. The van der Waals surface area contributed by atoms with E-state index in [1.165, 1.54) is 25.7 Å². The summed E-state index contributed by atoms with van der Waals surface area (Å²) in [4.78, 5) is 4.49. The molecule has 1 saturated carbocycles. The standard InChI is InChI=1S/C13H21N3O2S/c14-11-5-6-17-7-10(11)13-15-12(16-18-13)8-19-9-3-1-2-4-9/h9-11H,1-8,14H2. The Morgan fingerprint density at radius 3 is 2.89 bits per heavy atom. The van der Waals surface area contributed by atoms with E-state index < -0.39 is 0 Å². The highest BCUT2D eigenvalue weighted by atomic mass is 32.2. The van der Waals surface area contributed by atoms with Crippen molar-refractivity contribution >= 4 is 11.8 Å². The Hall–Kier alpha value is -0.590. The second kappa shape index (κ2) is 6.24. The largest absolute Gasteiger partial charge is 0.381 e. The van der Waals surface area contributed by atoms with Crippen molar-refractivity contribution < 1.29 is 9.26 Å². The minimum atomic E-state index is 0.0616. The molecule has 2 heterocycles. The van der Waals surface area contributed by atoms with Crippen LogP contribution in [0.1, 0.15) is 49.7 Å². The van der Waals surface area contributed by atoms with Crippen LogP contribution >= 0.6 is 11.8 Å². The lowest BCUT2D eigenvalue weighted by molar-refractivity contribution is 0.0590. The normalized spacial score (nSPS) is 28.9. The van der Waals surface area contributed by atoms with Crippen LogP contribution in [-0.4, -0.2) is 34.6 Å². The molecule has 0 radical (unpaired) electrons. The van der Waals surface area contributed by atoms with Crippen LogP contribution in [-0.2, 0) is 10.5 Å². The highest BCUT2D eigenvalue weighted by molar-refractivity contribution is 7.99. The van der Waals surface area contributed by atoms with E-state index in [1.807, 2.05) is 11.8 Å². The first-order chi connectivity index (χ1) is 9.33. The third-order valence-electron chi connectivity index (χ3n) is 3.96. The Bertz CT molecular complexity index is 406. The molecule has 6 heteroatoms. The molecular formula is C13H21N3O2S. The van der Waals surface area contributed by atoms with Crippen molar-refractivity contribution in [2.24, 2.45) is 5.73 Å². The van der Waals surface area contributed by atoms with Gasteiger partial charge in [-0.3, -0.25) is 0 Å². The molecule has 0 spiro atoms. The molecule has 0 bridgehead atoms. The average molecular weight is 283 g/mol. The fourth-order valence-electron chi connectivity index (χ4n) is 2.73. The third kappa shape index (κ3) is 3.30. The van der Waals surface area contributed by atoms with Crippen molar-refractivity contribution in [3.05, 3.63) is 11.7 Å². The second-order valence-electron chi connectivity index (χ2n) is 5.40. The van der Waals surface area contributed by atoms with Gasteiger partial charge in [-0.05, 0) is 19.3 Å². The van der Waals surface area contributed by atoms with Gasteiger partial charge < -0.3 is 15.0 Å². The number of nitrogens with two attached hydrogens (primary N) is 1. The first kappa shape index (κ1) is 13.4. The summed E-state index contributed by atoms with van der Waals surface area (Å²) < 4.78 is 10.8. The fraction of sp³-hybridized carbons (Fsp3) is 0.846. The van der Waals surface area contributed by atoms with Gasteiger partial charge in [-0.25, -0.2) is 0 Å². The van der Waals surface area contributed by atoms with E-state index >= 15 is 0 Å². The summed E-state index contributed by atoms with van der Waals surface area (Å²) in [7, 11) is 0. The molecule has 2 atom stereocenters. The predicted molar refractivity (Wildman–Crippen MR) is 74.0 cm³/mol. The van der Waals surface area contributed by atoms with Crippen LogP contribution in [0.15, 0.2) is 4.52 Å². The van der Waals surface area contributed by atoms with Crippen molar-refractivity contribution in [2.75, 3.05) is 13.2 Å². The molecule has 106 valence electrons. The van der Waals surface area contributed by atoms with Gasteiger partial charge in [-0.15, -0.1) is 0 Å². The molecular weight excluding hydrogens is 262 g/mol. The Morgan fingerprint density at radius 2 is 2.11 bits per heavy atom. The number of aromatic nitrogens is 2. The molecule has 2 aliphatic rings. The van der Waals surface area contributed by atoms with Gasteiger partial charge in [0.1, 0.15) is 0 Å². The van der Waals surface area contributed by atoms with Crippen LogP contribution in [0, 0.1) is 0 Å². The summed E-state index contributed by atoms with van der Waals surface area (Å²) in [6, 6.07) is 0.0736. The van der Waals surface area contributed by atoms with E-state index in [9.17, 15) is 0 Å². The maximum atomic E-state index is 6.08. The van der Waals surface area contributed by atoms with Crippen molar-refractivity contribution in [3.8, 4) is 0 Å². The van der Waals surface area contributed by atoms with Crippen molar-refractivity contribution in [3.63, 3.8) is 0 Å². The fourth-order valence-corrected chi connectivity index (χ4v) is 3.90. The minimum Gasteiger partial charge on any atom is -0.381 e. The van der Waals surface area contributed by atoms with E-state index in [4.69, 9.17) is 15.0 Å². The smallest absolute Gasteiger partial charge is 0.233 e. The molecule has 2 fully saturated rings. The summed E-state index contributed by atoms with van der Waals surface area (Å²) >= 11 is 1.95. The number of thioether (sulfide) groups is 1. The summed E-state index contributed by atoms with van der Waals surface area (Å²) in [5, 5.41) is 4.85. The third-order valence-corrected chi connectivity index (χ3v) is 5.33. The van der Waals surface area contributed by atoms with E-state index in [2.05, 4.69) is 10.1 Å². The lowest BCUT2D eigenvalue weighted by Gasteiger charge is -2.25. The lowest BCUT2D eigenvalue weighted by atomic mass is 9.97. The molecule has 0 amide bonds. The Kier molecular flexibility index (Phi) is 4.40. The van der Waals surface area contributed by atoms with E-state index in [1.54, 1.807) is 0 Å².